The number of nitrogens with zero attached hydrogens (tertiary/aromatic N) is 7. The summed E-state index contributed by atoms with van der Waals surface area (Å²) in [6, 6.07) is 15.9. The quantitative estimate of drug-likeness (QED) is 0.496. The Bertz CT molecular complexity index is 1320. The van der Waals surface area contributed by atoms with Gasteiger partial charge < -0.3 is 14.5 Å². The zero-order valence-corrected chi connectivity index (χ0v) is 18.1. The van der Waals surface area contributed by atoms with E-state index in [1.165, 1.54) is 0 Å². The smallest absolute Gasteiger partial charge is 0.168 e. The summed E-state index contributed by atoms with van der Waals surface area (Å²) in [5.41, 5.74) is 4.53. The maximum Gasteiger partial charge on any atom is 0.168 e. The van der Waals surface area contributed by atoms with Gasteiger partial charge in [0.15, 0.2) is 5.65 Å². The molecule has 5 rings (SSSR count). The van der Waals surface area contributed by atoms with Crippen molar-refractivity contribution >= 4 is 22.5 Å². The zero-order chi connectivity index (χ0) is 22.1. The number of benzene rings is 2. The van der Waals surface area contributed by atoms with Crippen LogP contribution in [0.5, 0.6) is 5.75 Å². The average Bonchev–Trinajstić information content (AvgIpc) is 3.28. The molecule has 4 aromatic rings. The van der Waals surface area contributed by atoms with E-state index in [1.54, 1.807) is 19.5 Å². The van der Waals surface area contributed by atoms with Crippen molar-refractivity contribution in [1.82, 2.24) is 19.7 Å². The van der Waals surface area contributed by atoms with Gasteiger partial charge >= 0.3 is 0 Å². The van der Waals surface area contributed by atoms with Gasteiger partial charge in [-0.05, 0) is 36.8 Å². The molecule has 0 aliphatic carbocycles. The van der Waals surface area contributed by atoms with Crippen molar-refractivity contribution in [2.45, 2.75) is 6.92 Å². The van der Waals surface area contributed by atoms with Crippen LogP contribution in [0.4, 0.5) is 11.5 Å². The molecule has 0 amide bonds. The topological polar surface area (TPSA) is 83.1 Å². The third-order valence-electron chi connectivity index (χ3n) is 5.92. The maximum atomic E-state index is 9.28. The molecule has 8 nitrogen and oxygen atoms in total. The minimum atomic E-state index is 0.629. The van der Waals surface area contributed by atoms with Crippen LogP contribution in [0.1, 0.15) is 11.1 Å². The van der Waals surface area contributed by atoms with Gasteiger partial charge in [0.25, 0.3) is 0 Å². The first-order valence-electron chi connectivity index (χ1n) is 10.5. The van der Waals surface area contributed by atoms with Crippen LogP contribution in [0.15, 0.2) is 55.0 Å². The van der Waals surface area contributed by atoms with E-state index in [4.69, 9.17) is 4.74 Å². The Morgan fingerprint density at radius 3 is 2.50 bits per heavy atom. The lowest BCUT2D eigenvalue weighted by molar-refractivity contribution is 0.413. The first kappa shape index (κ1) is 19.8. The maximum absolute atomic E-state index is 9.28. The molecule has 0 atom stereocenters. The second-order valence-corrected chi connectivity index (χ2v) is 7.75. The van der Waals surface area contributed by atoms with E-state index in [9.17, 15) is 5.26 Å². The van der Waals surface area contributed by atoms with Gasteiger partial charge in [-0.15, -0.1) is 0 Å². The fourth-order valence-corrected chi connectivity index (χ4v) is 4.23. The highest BCUT2D eigenvalue weighted by Gasteiger charge is 2.23. The van der Waals surface area contributed by atoms with Gasteiger partial charge in [-0.1, -0.05) is 18.2 Å². The van der Waals surface area contributed by atoms with E-state index in [0.717, 1.165) is 65.7 Å². The summed E-state index contributed by atoms with van der Waals surface area (Å²) in [7, 11) is 1.66. The van der Waals surface area contributed by atoms with E-state index in [2.05, 4.69) is 43.9 Å². The van der Waals surface area contributed by atoms with Crippen LogP contribution in [-0.2, 0) is 0 Å². The highest BCUT2D eigenvalue weighted by atomic mass is 16.5. The number of para-hydroxylation sites is 1. The van der Waals surface area contributed by atoms with Crippen molar-refractivity contribution in [2.24, 2.45) is 0 Å². The third-order valence-corrected chi connectivity index (χ3v) is 5.92. The van der Waals surface area contributed by atoms with Crippen molar-refractivity contribution in [3.63, 3.8) is 0 Å². The van der Waals surface area contributed by atoms with Gasteiger partial charge in [0.05, 0.1) is 41.7 Å². The van der Waals surface area contributed by atoms with Crippen LogP contribution in [0.25, 0.3) is 16.7 Å². The molecule has 0 unspecified atom stereocenters. The van der Waals surface area contributed by atoms with Gasteiger partial charge in [0.1, 0.15) is 17.9 Å². The highest BCUT2D eigenvalue weighted by Crippen LogP contribution is 2.32. The molecule has 8 heteroatoms. The summed E-state index contributed by atoms with van der Waals surface area (Å²) in [6.07, 6.45) is 3.46. The molecule has 1 saturated heterocycles. The Morgan fingerprint density at radius 2 is 1.75 bits per heavy atom. The number of hydrogen-bond donors (Lipinski definition) is 0. The number of fused-ring (bicyclic) bond motifs is 1. The number of aryl methyl sites for hydroxylation is 1. The van der Waals surface area contributed by atoms with Crippen LogP contribution >= 0.6 is 0 Å². The molecule has 0 N–H and O–H groups in total. The van der Waals surface area contributed by atoms with Gasteiger partial charge in [0, 0.05) is 26.2 Å². The number of anilines is 2. The number of methoxy groups -OCH3 is 1. The molecular weight excluding hydrogens is 402 g/mol. The fourth-order valence-electron chi connectivity index (χ4n) is 4.23. The summed E-state index contributed by atoms with van der Waals surface area (Å²) in [5.74, 6) is 1.67. The van der Waals surface area contributed by atoms with Gasteiger partial charge in [-0.3, -0.25) is 0 Å². The molecule has 1 aliphatic heterocycles. The first-order chi connectivity index (χ1) is 15.7. The molecule has 2 aromatic carbocycles. The van der Waals surface area contributed by atoms with Gasteiger partial charge in [-0.2, -0.15) is 10.4 Å². The second kappa shape index (κ2) is 8.19. The lowest BCUT2D eigenvalue weighted by atomic mass is 10.1. The Kier molecular flexibility index (Phi) is 5.07. The molecule has 1 aliphatic rings. The first-order valence-corrected chi connectivity index (χ1v) is 10.5. The Morgan fingerprint density at radius 1 is 0.969 bits per heavy atom. The van der Waals surface area contributed by atoms with E-state index in [0.29, 0.717) is 5.56 Å². The number of nitriles is 1. The second-order valence-electron chi connectivity index (χ2n) is 7.75. The number of piperazine rings is 1. The number of ether oxygens (including phenoxy) is 1. The van der Waals surface area contributed by atoms with Crippen LogP contribution in [0.2, 0.25) is 0 Å². The van der Waals surface area contributed by atoms with Crippen LogP contribution in [0, 0.1) is 18.3 Å². The van der Waals surface area contributed by atoms with Crippen LogP contribution < -0.4 is 14.5 Å². The monoisotopic (exact) mass is 425 g/mol. The van der Waals surface area contributed by atoms with Crippen LogP contribution in [0.3, 0.4) is 0 Å². The summed E-state index contributed by atoms with van der Waals surface area (Å²) in [5, 5.41) is 14.8. The molecular formula is C24H23N7O. The zero-order valence-electron chi connectivity index (χ0n) is 18.1. The Labute approximate surface area is 186 Å². The lowest BCUT2D eigenvalue weighted by Gasteiger charge is -2.37. The molecule has 2 aromatic heterocycles. The van der Waals surface area contributed by atoms with E-state index < -0.39 is 0 Å². The van der Waals surface area contributed by atoms with Gasteiger partial charge in [0.2, 0.25) is 0 Å². The minimum absolute atomic E-state index is 0.629. The molecule has 0 radical (unpaired) electrons. The normalized spacial score (nSPS) is 13.9. The summed E-state index contributed by atoms with van der Waals surface area (Å²) in [6.45, 7) is 5.24. The van der Waals surface area contributed by atoms with E-state index >= 15 is 0 Å². The van der Waals surface area contributed by atoms with Gasteiger partial charge in [-0.25, -0.2) is 14.6 Å². The number of rotatable bonds is 4. The standard InChI is InChI=1S/C24H23N7O/c1-17-5-3-4-6-20(17)31-24-19(15-28-31)23(26-16-27-24)30-11-9-29(10-12-30)21-13-18(14-25)7-8-22(21)32-2/h3-8,13,15-16H,9-12H2,1-2H3. The number of hydrogen-bond acceptors (Lipinski definition) is 7. The molecule has 0 spiro atoms. The SMILES string of the molecule is COc1ccc(C#N)cc1N1CCN(c2ncnc3c2cnn3-c2ccccc2C)CC1. The van der Waals surface area contributed by atoms with Crippen molar-refractivity contribution < 1.29 is 4.74 Å². The highest BCUT2D eigenvalue weighted by molar-refractivity contribution is 5.88. The molecule has 160 valence electrons. The Hall–Kier alpha value is -4.12. The molecule has 0 bridgehead atoms. The third kappa shape index (κ3) is 3.38. The largest absolute Gasteiger partial charge is 0.495 e. The van der Waals surface area contributed by atoms with E-state index in [-0.39, 0.29) is 0 Å². The van der Waals surface area contributed by atoms with Crippen molar-refractivity contribution in [1.29, 1.82) is 5.26 Å². The number of aromatic nitrogens is 4. The fraction of sp³-hybridized carbons (Fsp3) is 0.250. The predicted octanol–water partition coefficient (Wildman–Crippen LogP) is 3.33. The molecule has 0 saturated carbocycles. The average molecular weight is 425 g/mol. The van der Waals surface area contributed by atoms with E-state index in [1.807, 2.05) is 41.2 Å². The molecule has 32 heavy (non-hydrogen) atoms. The molecule has 3 heterocycles. The predicted molar refractivity (Wildman–Crippen MR) is 124 cm³/mol. The summed E-state index contributed by atoms with van der Waals surface area (Å²) in [4.78, 5) is 13.6. The lowest BCUT2D eigenvalue weighted by Crippen LogP contribution is -2.47. The Balaban J connectivity index is 1.42. The van der Waals surface area contributed by atoms with Crippen molar-refractivity contribution in [3.05, 3.63) is 66.1 Å². The van der Waals surface area contributed by atoms with Crippen molar-refractivity contribution in [3.8, 4) is 17.5 Å². The van der Waals surface area contributed by atoms with Crippen molar-refractivity contribution in [2.75, 3.05) is 43.1 Å². The minimum Gasteiger partial charge on any atom is -0.495 e. The molecule has 1 fully saturated rings. The summed E-state index contributed by atoms with van der Waals surface area (Å²) >= 11 is 0. The van der Waals surface area contributed by atoms with Crippen LogP contribution in [-0.4, -0.2) is 53.0 Å². The summed E-state index contributed by atoms with van der Waals surface area (Å²) < 4.78 is 7.40.